The van der Waals surface area contributed by atoms with E-state index in [2.05, 4.69) is 20.8 Å². The molecule has 1 aliphatic carbocycles. The number of nitrogens with zero attached hydrogens (tertiary/aromatic N) is 3. The molecule has 2 rings (SSSR count). The van der Waals surface area contributed by atoms with Crippen LogP contribution in [-0.2, 0) is 11.8 Å². The molecule has 1 fully saturated rings. The Morgan fingerprint density at radius 2 is 2.14 bits per heavy atom. The molecule has 2 N–H and O–H groups in total. The smallest absolute Gasteiger partial charge is 0.321 e. The van der Waals surface area contributed by atoms with Crippen molar-refractivity contribution in [2.24, 2.45) is 7.05 Å². The number of urea groups is 1. The van der Waals surface area contributed by atoms with Gasteiger partial charge in [0.2, 0.25) is 5.91 Å². The predicted octanol–water partition coefficient (Wildman–Crippen LogP) is 1.41. The second-order valence-corrected chi connectivity index (χ2v) is 6.06. The van der Waals surface area contributed by atoms with Crippen molar-refractivity contribution in [2.45, 2.75) is 43.7 Å². The first-order valence-electron chi connectivity index (χ1n) is 7.21. The zero-order valence-corrected chi connectivity index (χ0v) is 13.2. The number of imide groups is 1. The third-order valence-electron chi connectivity index (χ3n) is 3.21. The van der Waals surface area contributed by atoms with Crippen molar-refractivity contribution in [1.29, 1.82) is 0 Å². The van der Waals surface area contributed by atoms with Crippen molar-refractivity contribution < 1.29 is 9.59 Å². The van der Waals surface area contributed by atoms with Gasteiger partial charge in [-0.25, -0.2) is 4.79 Å². The van der Waals surface area contributed by atoms with Gasteiger partial charge in [-0.15, -0.1) is 10.2 Å². The Morgan fingerprint density at radius 1 is 1.38 bits per heavy atom. The molecule has 0 aromatic carbocycles. The number of amides is 3. The Morgan fingerprint density at radius 3 is 2.81 bits per heavy atom. The van der Waals surface area contributed by atoms with Crippen molar-refractivity contribution in [3.63, 3.8) is 0 Å². The Hall–Kier alpha value is -1.57. The molecular formula is C13H21N5O2S. The van der Waals surface area contributed by atoms with Crippen LogP contribution in [0, 0.1) is 0 Å². The first-order chi connectivity index (χ1) is 10.1. The van der Waals surface area contributed by atoms with E-state index in [1.807, 2.05) is 18.5 Å². The van der Waals surface area contributed by atoms with Gasteiger partial charge < -0.3 is 9.88 Å². The molecule has 116 valence electrons. The van der Waals surface area contributed by atoms with Crippen molar-refractivity contribution in [3.8, 4) is 0 Å². The van der Waals surface area contributed by atoms with Gasteiger partial charge in [0.25, 0.3) is 0 Å². The average molecular weight is 311 g/mol. The van der Waals surface area contributed by atoms with Gasteiger partial charge in [0, 0.05) is 19.5 Å². The van der Waals surface area contributed by atoms with E-state index in [-0.39, 0.29) is 11.7 Å². The van der Waals surface area contributed by atoms with Crippen LogP contribution in [-0.4, -0.2) is 39.0 Å². The predicted molar refractivity (Wildman–Crippen MR) is 80.2 cm³/mol. The number of hydrogen-bond acceptors (Lipinski definition) is 5. The lowest BCUT2D eigenvalue weighted by atomic mass is 10.3. The molecule has 0 radical (unpaired) electrons. The molecule has 21 heavy (non-hydrogen) atoms. The molecule has 1 aliphatic rings. The van der Waals surface area contributed by atoms with Crippen LogP contribution in [0.25, 0.3) is 0 Å². The van der Waals surface area contributed by atoms with E-state index in [0.717, 1.165) is 31.5 Å². The van der Waals surface area contributed by atoms with Crippen LogP contribution in [0.3, 0.4) is 0 Å². The number of nitrogens with one attached hydrogen (secondary N) is 2. The van der Waals surface area contributed by atoms with Crippen LogP contribution in [0.5, 0.6) is 0 Å². The molecule has 3 amide bonds. The summed E-state index contributed by atoms with van der Waals surface area (Å²) in [5.41, 5.74) is 0. The number of unbranched alkanes of at least 4 members (excludes halogenated alkanes) is 1. The van der Waals surface area contributed by atoms with Gasteiger partial charge in [0.05, 0.1) is 5.75 Å². The molecule has 0 bridgehead atoms. The zero-order chi connectivity index (χ0) is 15.2. The number of aromatic nitrogens is 3. The molecule has 0 saturated heterocycles. The second kappa shape index (κ2) is 7.44. The van der Waals surface area contributed by atoms with Crippen LogP contribution in [0.2, 0.25) is 0 Å². The maximum Gasteiger partial charge on any atom is 0.321 e. The molecular weight excluding hydrogens is 290 g/mol. The SMILES string of the molecule is CCCCNC(=O)NC(=O)CSc1nnc(C2CC2)n1C. The first-order valence-corrected chi connectivity index (χ1v) is 8.20. The topological polar surface area (TPSA) is 88.9 Å². The number of carbonyl (C=O) groups excluding carboxylic acids is 2. The van der Waals surface area contributed by atoms with Gasteiger partial charge in [-0.2, -0.15) is 0 Å². The molecule has 8 heteroatoms. The summed E-state index contributed by atoms with van der Waals surface area (Å²) in [4.78, 5) is 23.1. The van der Waals surface area contributed by atoms with Gasteiger partial charge in [-0.3, -0.25) is 10.1 Å². The summed E-state index contributed by atoms with van der Waals surface area (Å²) in [6.07, 6.45) is 4.23. The van der Waals surface area contributed by atoms with Crippen molar-refractivity contribution in [3.05, 3.63) is 5.82 Å². The summed E-state index contributed by atoms with van der Waals surface area (Å²) in [6.45, 7) is 2.62. The molecule has 0 unspecified atom stereocenters. The number of thioether (sulfide) groups is 1. The fourth-order valence-corrected chi connectivity index (χ4v) is 2.58. The first kappa shape index (κ1) is 15.8. The second-order valence-electron chi connectivity index (χ2n) is 5.12. The minimum Gasteiger partial charge on any atom is -0.338 e. The lowest BCUT2D eigenvalue weighted by Crippen LogP contribution is -2.40. The van der Waals surface area contributed by atoms with Crippen molar-refractivity contribution in [1.82, 2.24) is 25.4 Å². The molecule has 0 atom stereocenters. The number of hydrogen-bond donors (Lipinski definition) is 2. The van der Waals surface area contributed by atoms with Crippen LogP contribution in [0.4, 0.5) is 4.79 Å². The monoisotopic (exact) mass is 311 g/mol. The van der Waals surface area contributed by atoms with E-state index in [9.17, 15) is 9.59 Å². The zero-order valence-electron chi connectivity index (χ0n) is 12.4. The lowest BCUT2D eigenvalue weighted by molar-refractivity contribution is -0.117. The van der Waals surface area contributed by atoms with Gasteiger partial charge in [0.1, 0.15) is 5.82 Å². The van der Waals surface area contributed by atoms with E-state index < -0.39 is 6.03 Å². The molecule has 7 nitrogen and oxygen atoms in total. The normalized spacial score (nSPS) is 14.0. The van der Waals surface area contributed by atoms with Crippen molar-refractivity contribution >= 4 is 23.7 Å². The quantitative estimate of drug-likeness (QED) is 0.587. The fraction of sp³-hybridized carbons (Fsp3) is 0.692. The molecule has 1 aromatic rings. The van der Waals surface area contributed by atoms with E-state index >= 15 is 0 Å². The van der Waals surface area contributed by atoms with Gasteiger partial charge in [0.15, 0.2) is 5.16 Å². The molecule has 1 saturated carbocycles. The summed E-state index contributed by atoms with van der Waals surface area (Å²) in [5.74, 6) is 1.33. The van der Waals surface area contributed by atoms with Gasteiger partial charge in [-0.1, -0.05) is 25.1 Å². The Bertz CT molecular complexity index is 513. The molecule has 1 aromatic heterocycles. The van der Waals surface area contributed by atoms with E-state index in [1.165, 1.54) is 11.8 Å². The third-order valence-corrected chi connectivity index (χ3v) is 4.23. The Kier molecular flexibility index (Phi) is 5.60. The highest BCUT2D eigenvalue weighted by molar-refractivity contribution is 7.99. The summed E-state index contributed by atoms with van der Waals surface area (Å²) in [6, 6.07) is -0.439. The highest BCUT2D eigenvalue weighted by atomic mass is 32.2. The summed E-state index contributed by atoms with van der Waals surface area (Å²) >= 11 is 1.29. The van der Waals surface area contributed by atoms with Gasteiger partial charge in [-0.05, 0) is 19.3 Å². The lowest BCUT2D eigenvalue weighted by Gasteiger charge is -2.06. The molecule has 0 aliphatic heterocycles. The summed E-state index contributed by atoms with van der Waals surface area (Å²) in [7, 11) is 1.91. The Balaban J connectivity index is 1.72. The van der Waals surface area contributed by atoms with E-state index in [4.69, 9.17) is 0 Å². The average Bonchev–Trinajstić information content (AvgIpc) is 3.21. The number of rotatable bonds is 7. The fourth-order valence-electron chi connectivity index (χ4n) is 1.86. The minimum absolute atomic E-state index is 0.151. The maximum absolute atomic E-state index is 11.7. The summed E-state index contributed by atoms with van der Waals surface area (Å²) in [5, 5.41) is 13.9. The van der Waals surface area contributed by atoms with Crippen LogP contribution < -0.4 is 10.6 Å². The van der Waals surface area contributed by atoms with Crippen LogP contribution >= 0.6 is 11.8 Å². The highest BCUT2D eigenvalue weighted by Gasteiger charge is 2.29. The van der Waals surface area contributed by atoms with E-state index in [1.54, 1.807) is 0 Å². The number of carbonyl (C=O) groups is 2. The highest BCUT2D eigenvalue weighted by Crippen LogP contribution is 2.39. The minimum atomic E-state index is -0.439. The van der Waals surface area contributed by atoms with Crippen molar-refractivity contribution in [2.75, 3.05) is 12.3 Å². The molecule has 1 heterocycles. The van der Waals surface area contributed by atoms with E-state index in [0.29, 0.717) is 17.6 Å². The third kappa shape index (κ3) is 4.73. The Labute approximate surface area is 128 Å². The van der Waals surface area contributed by atoms with Gasteiger partial charge >= 0.3 is 6.03 Å². The maximum atomic E-state index is 11.7. The van der Waals surface area contributed by atoms with Crippen LogP contribution in [0.1, 0.15) is 44.3 Å². The van der Waals surface area contributed by atoms with Crippen LogP contribution in [0.15, 0.2) is 5.16 Å². The standard InChI is InChI=1S/C13H21N5O2S/c1-3-4-7-14-12(20)15-10(19)8-21-13-17-16-11(18(13)2)9-5-6-9/h9H,3-8H2,1-2H3,(H2,14,15,19,20). The summed E-state index contributed by atoms with van der Waals surface area (Å²) < 4.78 is 1.93. The largest absolute Gasteiger partial charge is 0.338 e. The molecule has 0 spiro atoms.